The van der Waals surface area contributed by atoms with Crippen LogP contribution >= 0.6 is 0 Å². The number of piperazine rings is 1. The van der Waals surface area contributed by atoms with Gasteiger partial charge in [0.15, 0.2) is 0 Å². The zero-order valence-corrected chi connectivity index (χ0v) is 16.9. The molecule has 0 aromatic rings. The molecule has 1 aliphatic carbocycles. The van der Waals surface area contributed by atoms with E-state index in [1.807, 2.05) is 0 Å². The van der Waals surface area contributed by atoms with E-state index in [0.29, 0.717) is 6.04 Å². The highest BCUT2D eigenvalue weighted by Gasteiger charge is 2.52. The van der Waals surface area contributed by atoms with Crippen molar-refractivity contribution in [1.82, 2.24) is 14.7 Å². The second-order valence-electron chi connectivity index (χ2n) is 9.53. The molecule has 0 radical (unpaired) electrons. The summed E-state index contributed by atoms with van der Waals surface area (Å²) in [6, 6.07) is 2.25. The van der Waals surface area contributed by atoms with E-state index in [0.717, 1.165) is 23.4 Å². The van der Waals surface area contributed by atoms with Crippen molar-refractivity contribution in [1.29, 1.82) is 0 Å². The first-order valence-corrected chi connectivity index (χ1v) is 10.6. The highest BCUT2D eigenvalue weighted by Crippen LogP contribution is 2.53. The van der Waals surface area contributed by atoms with Crippen LogP contribution in [0.2, 0.25) is 0 Å². The standard InChI is InChI=1S/C21H41N3/c1-6-20-13-21(14-20)15-24(16-21)19(5)8-7-18(4)23-11-9-22(10-12-23)17(2)3/h17-20H,6-16H2,1-5H3. The van der Waals surface area contributed by atoms with Gasteiger partial charge in [-0.3, -0.25) is 14.7 Å². The molecule has 3 heteroatoms. The first-order valence-electron chi connectivity index (χ1n) is 10.6. The van der Waals surface area contributed by atoms with Crippen molar-refractivity contribution >= 4 is 0 Å². The SMILES string of the molecule is CCC1CC2(C1)CN(C(C)CCC(C)N1CCN(C(C)C)CC1)C2. The zero-order chi connectivity index (χ0) is 17.3. The highest BCUT2D eigenvalue weighted by molar-refractivity contribution is 5.04. The Balaban J connectivity index is 1.32. The molecule has 2 heterocycles. The van der Waals surface area contributed by atoms with Gasteiger partial charge in [0.25, 0.3) is 0 Å². The average molecular weight is 336 g/mol. The molecule has 2 atom stereocenters. The normalized spacial score (nSPS) is 28.8. The third-order valence-electron chi connectivity index (χ3n) is 7.43. The van der Waals surface area contributed by atoms with E-state index in [9.17, 15) is 0 Å². The summed E-state index contributed by atoms with van der Waals surface area (Å²) in [6.45, 7) is 19.8. The van der Waals surface area contributed by atoms with Crippen LogP contribution in [0.4, 0.5) is 0 Å². The molecule has 140 valence electrons. The summed E-state index contributed by atoms with van der Waals surface area (Å²) in [5.41, 5.74) is 0.758. The maximum absolute atomic E-state index is 2.76. The molecule has 2 saturated heterocycles. The summed E-state index contributed by atoms with van der Waals surface area (Å²) >= 11 is 0. The minimum atomic E-state index is 0.708. The Bertz CT molecular complexity index is 386. The largest absolute Gasteiger partial charge is 0.299 e. The van der Waals surface area contributed by atoms with Crippen molar-refractivity contribution in [3.05, 3.63) is 0 Å². The Hall–Kier alpha value is -0.120. The smallest absolute Gasteiger partial charge is 0.0113 e. The van der Waals surface area contributed by atoms with E-state index in [-0.39, 0.29) is 0 Å². The molecule has 3 fully saturated rings. The van der Waals surface area contributed by atoms with Crippen LogP contribution in [0.15, 0.2) is 0 Å². The van der Waals surface area contributed by atoms with Gasteiger partial charge in [-0.15, -0.1) is 0 Å². The minimum Gasteiger partial charge on any atom is -0.299 e. The molecule has 3 rings (SSSR count). The van der Waals surface area contributed by atoms with E-state index in [4.69, 9.17) is 0 Å². The van der Waals surface area contributed by atoms with E-state index in [1.165, 1.54) is 71.4 Å². The van der Waals surface area contributed by atoms with Crippen molar-refractivity contribution in [2.24, 2.45) is 11.3 Å². The Morgan fingerprint density at radius 3 is 1.79 bits per heavy atom. The summed E-state index contributed by atoms with van der Waals surface area (Å²) in [5, 5.41) is 0. The molecule has 0 N–H and O–H groups in total. The lowest BCUT2D eigenvalue weighted by molar-refractivity contribution is -0.112. The molecule has 0 bridgehead atoms. The van der Waals surface area contributed by atoms with Crippen LogP contribution in [0.3, 0.4) is 0 Å². The van der Waals surface area contributed by atoms with Crippen molar-refractivity contribution in [2.75, 3.05) is 39.3 Å². The number of rotatable bonds is 7. The van der Waals surface area contributed by atoms with Gasteiger partial charge >= 0.3 is 0 Å². The molecule has 0 aromatic heterocycles. The minimum absolute atomic E-state index is 0.708. The van der Waals surface area contributed by atoms with Gasteiger partial charge in [-0.2, -0.15) is 0 Å². The summed E-state index contributed by atoms with van der Waals surface area (Å²) < 4.78 is 0. The Kier molecular flexibility index (Phi) is 5.94. The van der Waals surface area contributed by atoms with Gasteiger partial charge in [0, 0.05) is 57.4 Å². The lowest BCUT2D eigenvalue weighted by Crippen LogP contribution is -2.64. The predicted molar refractivity (Wildman–Crippen MR) is 103 cm³/mol. The molecule has 2 unspecified atom stereocenters. The Labute approximate surface area is 150 Å². The highest BCUT2D eigenvalue weighted by atomic mass is 15.3. The summed E-state index contributed by atoms with van der Waals surface area (Å²) in [7, 11) is 0. The molecule has 0 aromatic carbocycles. The van der Waals surface area contributed by atoms with E-state index < -0.39 is 0 Å². The van der Waals surface area contributed by atoms with Crippen molar-refractivity contribution in [3.63, 3.8) is 0 Å². The van der Waals surface area contributed by atoms with Gasteiger partial charge in [-0.1, -0.05) is 13.3 Å². The molecule has 3 nitrogen and oxygen atoms in total. The molecule has 2 aliphatic heterocycles. The van der Waals surface area contributed by atoms with Crippen molar-refractivity contribution in [3.8, 4) is 0 Å². The topological polar surface area (TPSA) is 9.72 Å². The number of likely N-dealkylation sites (tertiary alicyclic amines) is 1. The lowest BCUT2D eigenvalue weighted by atomic mass is 9.57. The number of hydrogen-bond acceptors (Lipinski definition) is 3. The van der Waals surface area contributed by atoms with Gasteiger partial charge in [0.1, 0.15) is 0 Å². The van der Waals surface area contributed by atoms with Crippen molar-refractivity contribution in [2.45, 2.75) is 84.8 Å². The van der Waals surface area contributed by atoms with Crippen LogP contribution in [0.1, 0.15) is 66.7 Å². The molecular weight excluding hydrogens is 294 g/mol. The fourth-order valence-corrected chi connectivity index (χ4v) is 5.38. The van der Waals surface area contributed by atoms with Gasteiger partial charge in [-0.05, 0) is 64.7 Å². The fourth-order valence-electron chi connectivity index (χ4n) is 5.38. The van der Waals surface area contributed by atoms with Gasteiger partial charge < -0.3 is 0 Å². The fraction of sp³-hybridized carbons (Fsp3) is 1.00. The summed E-state index contributed by atoms with van der Waals surface area (Å²) in [5.74, 6) is 1.05. The van der Waals surface area contributed by atoms with Crippen LogP contribution < -0.4 is 0 Å². The first kappa shape index (κ1) is 18.7. The average Bonchev–Trinajstić information content (AvgIpc) is 2.50. The zero-order valence-electron chi connectivity index (χ0n) is 16.9. The monoisotopic (exact) mass is 335 g/mol. The quantitative estimate of drug-likeness (QED) is 0.702. The molecule has 0 amide bonds. The summed E-state index contributed by atoms with van der Waals surface area (Å²) in [4.78, 5) is 8.10. The maximum Gasteiger partial charge on any atom is 0.0113 e. The molecule has 1 saturated carbocycles. The number of nitrogens with zero attached hydrogens (tertiary/aromatic N) is 3. The van der Waals surface area contributed by atoms with Crippen molar-refractivity contribution < 1.29 is 0 Å². The van der Waals surface area contributed by atoms with Crippen LogP contribution in [0.5, 0.6) is 0 Å². The Morgan fingerprint density at radius 2 is 1.29 bits per heavy atom. The second kappa shape index (κ2) is 7.63. The molecule has 1 spiro atoms. The first-order chi connectivity index (χ1) is 11.4. The van der Waals surface area contributed by atoms with Gasteiger partial charge in [0.05, 0.1) is 0 Å². The Morgan fingerprint density at radius 1 is 0.792 bits per heavy atom. The molecule has 3 aliphatic rings. The van der Waals surface area contributed by atoms with Crippen LogP contribution in [0.25, 0.3) is 0 Å². The van der Waals surface area contributed by atoms with E-state index >= 15 is 0 Å². The van der Waals surface area contributed by atoms with E-state index in [2.05, 4.69) is 49.3 Å². The van der Waals surface area contributed by atoms with Crippen LogP contribution in [-0.2, 0) is 0 Å². The van der Waals surface area contributed by atoms with E-state index in [1.54, 1.807) is 0 Å². The number of hydrogen-bond donors (Lipinski definition) is 0. The van der Waals surface area contributed by atoms with Crippen LogP contribution in [0, 0.1) is 11.3 Å². The predicted octanol–water partition coefficient (Wildman–Crippen LogP) is 3.69. The third kappa shape index (κ3) is 3.99. The lowest BCUT2D eigenvalue weighted by Gasteiger charge is -2.61. The maximum atomic E-state index is 2.76. The second-order valence-corrected chi connectivity index (χ2v) is 9.53. The van der Waals surface area contributed by atoms with Gasteiger partial charge in [-0.25, -0.2) is 0 Å². The summed E-state index contributed by atoms with van der Waals surface area (Å²) in [6.07, 6.45) is 7.17. The molecular formula is C21H41N3. The van der Waals surface area contributed by atoms with Crippen LogP contribution in [-0.4, -0.2) is 72.1 Å². The molecule has 24 heavy (non-hydrogen) atoms. The van der Waals surface area contributed by atoms with Gasteiger partial charge in [0.2, 0.25) is 0 Å². The third-order valence-corrected chi connectivity index (χ3v) is 7.43.